The first-order chi connectivity index (χ1) is 11.9. The topological polar surface area (TPSA) is 67.2 Å². The van der Waals surface area contributed by atoms with Crippen molar-refractivity contribution in [3.05, 3.63) is 17.9 Å². The fraction of sp³-hybridized carbons (Fsp3) is 0.588. The van der Waals surface area contributed by atoms with E-state index in [4.69, 9.17) is 10.5 Å². The molecule has 5 nitrogen and oxygen atoms in total. The maximum atomic E-state index is 14.2. The lowest BCUT2D eigenvalue weighted by molar-refractivity contribution is 0.00471. The molecule has 0 radical (unpaired) electrons. The number of benzene rings is 1. The van der Waals surface area contributed by atoms with E-state index in [0.717, 1.165) is 12.8 Å². The molecule has 1 fully saturated rings. The number of piperidine rings is 1. The van der Waals surface area contributed by atoms with Crippen LogP contribution in [0.1, 0.15) is 26.7 Å². The third-order valence-electron chi connectivity index (χ3n) is 5.12. The second-order valence-corrected chi connectivity index (χ2v) is 6.71. The summed E-state index contributed by atoms with van der Waals surface area (Å²) in [5, 5.41) is 6.73. The molecule has 1 aromatic heterocycles. The van der Waals surface area contributed by atoms with Crippen LogP contribution in [0.3, 0.4) is 0 Å². The predicted molar refractivity (Wildman–Crippen MR) is 90.3 cm³/mol. The monoisotopic (exact) mass is 356 g/mol. The summed E-state index contributed by atoms with van der Waals surface area (Å²) in [7, 11) is 0. The zero-order valence-electron chi connectivity index (χ0n) is 14.3. The average Bonchev–Trinajstić information content (AvgIpc) is 2.95. The number of H-pyrrole nitrogens is 1. The van der Waals surface area contributed by atoms with Crippen LogP contribution in [0.15, 0.2) is 12.1 Å². The van der Waals surface area contributed by atoms with Crippen LogP contribution in [0, 0.1) is 11.7 Å². The van der Waals surface area contributed by atoms with Gasteiger partial charge in [-0.1, -0.05) is 0 Å². The highest BCUT2D eigenvalue weighted by Crippen LogP contribution is 2.30. The molecule has 8 heteroatoms. The van der Waals surface area contributed by atoms with Gasteiger partial charge in [-0.05, 0) is 45.7 Å². The number of nitrogens with two attached hydrogens (primary N) is 1. The Morgan fingerprint density at radius 1 is 1.28 bits per heavy atom. The minimum atomic E-state index is -2.33. The highest BCUT2D eigenvalue weighted by Gasteiger charge is 2.30. The molecule has 138 valence electrons. The summed E-state index contributed by atoms with van der Waals surface area (Å²) in [6, 6.07) is 2.25. The Labute approximate surface area is 144 Å². The van der Waals surface area contributed by atoms with Gasteiger partial charge in [0.1, 0.15) is 11.6 Å². The van der Waals surface area contributed by atoms with Crippen molar-refractivity contribution in [3.8, 4) is 5.75 Å². The third-order valence-corrected chi connectivity index (χ3v) is 5.12. The molecule has 1 aliphatic rings. The first kappa shape index (κ1) is 17.8. The fourth-order valence-corrected chi connectivity index (χ4v) is 3.44. The highest BCUT2D eigenvalue weighted by molar-refractivity contribution is 5.90. The Kier molecular flexibility index (Phi) is 5.08. The number of aromatic nitrogens is 2. The molecule has 0 amide bonds. The second kappa shape index (κ2) is 7.11. The van der Waals surface area contributed by atoms with Gasteiger partial charge in [0, 0.05) is 12.1 Å². The number of nitrogen functional groups attached to an aromatic ring is 1. The van der Waals surface area contributed by atoms with Crippen LogP contribution in [-0.4, -0.2) is 46.8 Å². The van der Waals surface area contributed by atoms with E-state index in [-0.39, 0.29) is 23.2 Å². The number of alkyl halides is 2. The second-order valence-electron chi connectivity index (χ2n) is 6.71. The molecule has 2 unspecified atom stereocenters. The molecule has 0 bridgehead atoms. The predicted octanol–water partition coefficient (Wildman–Crippen LogP) is 3.42. The number of hydrogen-bond acceptors (Lipinski definition) is 4. The van der Waals surface area contributed by atoms with E-state index in [9.17, 15) is 13.2 Å². The Morgan fingerprint density at radius 2 is 1.96 bits per heavy atom. The number of anilines is 1. The van der Waals surface area contributed by atoms with Gasteiger partial charge in [-0.2, -0.15) is 5.10 Å². The van der Waals surface area contributed by atoms with Crippen molar-refractivity contribution in [2.45, 2.75) is 45.3 Å². The Morgan fingerprint density at radius 3 is 2.60 bits per heavy atom. The number of fused-ring (bicyclic) bond motifs is 1. The van der Waals surface area contributed by atoms with Gasteiger partial charge in [-0.25, -0.2) is 13.2 Å². The van der Waals surface area contributed by atoms with Crippen molar-refractivity contribution in [1.29, 1.82) is 0 Å². The lowest BCUT2D eigenvalue weighted by Gasteiger charge is -2.37. The molecule has 2 heterocycles. The zero-order valence-corrected chi connectivity index (χ0v) is 14.3. The molecule has 1 saturated heterocycles. The van der Waals surface area contributed by atoms with Crippen LogP contribution in [0.5, 0.6) is 5.75 Å². The lowest BCUT2D eigenvalue weighted by Crippen LogP contribution is -2.45. The van der Waals surface area contributed by atoms with E-state index < -0.39 is 18.3 Å². The van der Waals surface area contributed by atoms with Crippen LogP contribution >= 0.6 is 0 Å². The summed E-state index contributed by atoms with van der Waals surface area (Å²) in [5.74, 6) is 0.287. The summed E-state index contributed by atoms with van der Waals surface area (Å²) in [6.07, 6.45) is -0.914. The van der Waals surface area contributed by atoms with E-state index in [2.05, 4.69) is 10.2 Å². The van der Waals surface area contributed by atoms with Crippen LogP contribution < -0.4 is 10.5 Å². The van der Waals surface area contributed by atoms with Crippen LogP contribution in [0.2, 0.25) is 0 Å². The largest absolute Gasteiger partial charge is 0.490 e. The molecule has 1 aliphatic heterocycles. The average molecular weight is 356 g/mol. The van der Waals surface area contributed by atoms with Gasteiger partial charge >= 0.3 is 0 Å². The van der Waals surface area contributed by atoms with Crippen molar-refractivity contribution in [3.63, 3.8) is 0 Å². The number of rotatable bonds is 5. The lowest BCUT2D eigenvalue weighted by atomic mass is 9.91. The van der Waals surface area contributed by atoms with Crippen molar-refractivity contribution < 1.29 is 17.9 Å². The van der Waals surface area contributed by atoms with E-state index >= 15 is 0 Å². The normalized spacial score (nSPS) is 19.4. The summed E-state index contributed by atoms with van der Waals surface area (Å²) >= 11 is 0. The Bertz CT molecular complexity index is 728. The number of halogens is 3. The van der Waals surface area contributed by atoms with Crippen molar-refractivity contribution >= 4 is 16.7 Å². The molecular formula is C17H23F3N4O. The van der Waals surface area contributed by atoms with Gasteiger partial charge in [0.15, 0.2) is 5.82 Å². The molecular weight excluding hydrogens is 333 g/mol. The summed E-state index contributed by atoms with van der Waals surface area (Å²) in [6.45, 7) is 4.72. The SMILES string of the molecule is CC(Oc1cc(F)c2c(N)n[nH]c2c1)C1CCN(C(C)C(F)F)CC1. The van der Waals surface area contributed by atoms with Gasteiger partial charge in [0.25, 0.3) is 6.43 Å². The molecule has 2 aromatic rings. The van der Waals surface area contributed by atoms with Crippen molar-refractivity contribution in [2.24, 2.45) is 5.92 Å². The summed E-state index contributed by atoms with van der Waals surface area (Å²) in [4.78, 5) is 1.81. The van der Waals surface area contributed by atoms with Crippen LogP contribution in [0.25, 0.3) is 10.9 Å². The zero-order chi connectivity index (χ0) is 18.1. The van der Waals surface area contributed by atoms with E-state index in [1.807, 2.05) is 11.8 Å². The first-order valence-corrected chi connectivity index (χ1v) is 8.48. The molecule has 3 rings (SSSR count). The third kappa shape index (κ3) is 3.68. The number of ether oxygens (including phenoxy) is 1. The summed E-state index contributed by atoms with van der Waals surface area (Å²) < 4.78 is 45.7. The highest BCUT2D eigenvalue weighted by atomic mass is 19.3. The number of aromatic amines is 1. The van der Waals surface area contributed by atoms with E-state index in [1.54, 1.807) is 13.0 Å². The standard InChI is InChI=1S/C17H23F3N4O/c1-9(16(19)20)24-5-3-11(4-6-24)10(2)25-12-7-13(18)15-14(8-12)22-23-17(15)21/h7-11,16H,3-6H2,1-2H3,(H3,21,22,23). The minimum absolute atomic E-state index is 0.118. The molecule has 2 atom stereocenters. The maximum absolute atomic E-state index is 14.2. The number of nitrogens with one attached hydrogen (secondary N) is 1. The number of likely N-dealkylation sites (tertiary alicyclic amines) is 1. The number of hydrogen-bond donors (Lipinski definition) is 2. The van der Waals surface area contributed by atoms with E-state index in [1.165, 1.54) is 6.07 Å². The molecule has 0 aliphatic carbocycles. The number of nitrogens with zero attached hydrogens (tertiary/aromatic N) is 2. The van der Waals surface area contributed by atoms with Gasteiger partial charge in [-0.3, -0.25) is 10.00 Å². The quantitative estimate of drug-likeness (QED) is 0.861. The minimum Gasteiger partial charge on any atom is -0.490 e. The van der Waals surface area contributed by atoms with Gasteiger partial charge < -0.3 is 10.5 Å². The van der Waals surface area contributed by atoms with Crippen molar-refractivity contribution in [2.75, 3.05) is 18.8 Å². The Hall–Kier alpha value is -1.96. The summed E-state index contributed by atoms with van der Waals surface area (Å²) in [5.41, 5.74) is 6.11. The molecule has 1 aromatic carbocycles. The van der Waals surface area contributed by atoms with Gasteiger partial charge in [0.2, 0.25) is 0 Å². The smallest absolute Gasteiger partial charge is 0.253 e. The van der Waals surface area contributed by atoms with Crippen LogP contribution in [0.4, 0.5) is 19.0 Å². The molecule has 0 spiro atoms. The molecule has 3 N–H and O–H groups in total. The van der Waals surface area contributed by atoms with Crippen LogP contribution in [-0.2, 0) is 0 Å². The first-order valence-electron chi connectivity index (χ1n) is 8.48. The molecule has 0 saturated carbocycles. The maximum Gasteiger partial charge on any atom is 0.253 e. The van der Waals surface area contributed by atoms with Crippen molar-refractivity contribution in [1.82, 2.24) is 15.1 Å². The van der Waals surface area contributed by atoms with Gasteiger partial charge in [-0.15, -0.1) is 0 Å². The van der Waals surface area contributed by atoms with E-state index in [0.29, 0.717) is 24.4 Å². The fourth-order valence-electron chi connectivity index (χ4n) is 3.44. The van der Waals surface area contributed by atoms with Gasteiger partial charge in [0.05, 0.1) is 23.0 Å². The molecule has 25 heavy (non-hydrogen) atoms. The Balaban J connectivity index is 1.62.